The number of nitrogens with zero attached hydrogens (tertiary/aromatic N) is 1. The van der Waals surface area contributed by atoms with E-state index in [-0.39, 0.29) is 16.8 Å². The lowest BCUT2D eigenvalue weighted by molar-refractivity contribution is 0.102. The second kappa shape index (κ2) is 7.55. The Kier molecular flexibility index (Phi) is 5.69. The summed E-state index contributed by atoms with van der Waals surface area (Å²) in [6.07, 6.45) is 2.36. The average Bonchev–Trinajstić information content (AvgIpc) is 2.56. The third-order valence-electron chi connectivity index (χ3n) is 3.55. The fourth-order valence-corrected chi connectivity index (χ4v) is 3.26. The van der Waals surface area contributed by atoms with Crippen LogP contribution in [0.1, 0.15) is 36.2 Å². The lowest BCUT2D eigenvalue weighted by atomic mass is 10.2. The number of carbonyl (C=O) groups excluding carboxylic acids is 1. The summed E-state index contributed by atoms with van der Waals surface area (Å²) in [4.78, 5) is 16.4. The van der Waals surface area contributed by atoms with Crippen LogP contribution >= 0.6 is 0 Å². The first-order chi connectivity index (χ1) is 11.3. The largest absolute Gasteiger partial charge is 0.307 e. The predicted octanol–water partition coefficient (Wildman–Crippen LogP) is 2.72. The molecule has 2 N–H and O–H groups in total. The predicted molar refractivity (Wildman–Crippen MR) is 93.4 cm³/mol. The standard InChI is InChI=1S/C17H21N3O3S/c1-4-13(3)20-24(22,23)15-8-6-14(7-9-15)17(21)19-16-10-5-12(2)11-18-16/h5-11,13,20H,4H2,1-3H3,(H,18,19,21). The Bertz CT molecular complexity index is 800. The maximum atomic E-state index is 12.2. The molecule has 1 amide bonds. The number of nitrogens with one attached hydrogen (secondary N) is 2. The molecule has 0 radical (unpaired) electrons. The fourth-order valence-electron chi connectivity index (χ4n) is 1.93. The molecule has 0 spiro atoms. The van der Waals surface area contributed by atoms with Gasteiger partial charge in [0.1, 0.15) is 5.82 Å². The zero-order valence-electron chi connectivity index (χ0n) is 13.9. The SMILES string of the molecule is CCC(C)NS(=O)(=O)c1ccc(C(=O)Nc2ccc(C)cn2)cc1. The van der Waals surface area contributed by atoms with Crippen molar-refractivity contribution in [3.63, 3.8) is 0 Å². The highest BCUT2D eigenvalue weighted by molar-refractivity contribution is 7.89. The van der Waals surface area contributed by atoms with E-state index in [4.69, 9.17) is 0 Å². The molecule has 1 heterocycles. The molecule has 0 fully saturated rings. The number of benzene rings is 1. The molecular weight excluding hydrogens is 326 g/mol. The summed E-state index contributed by atoms with van der Waals surface area (Å²) in [5, 5.41) is 2.67. The van der Waals surface area contributed by atoms with Crippen LogP contribution in [0.3, 0.4) is 0 Å². The van der Waals surface area contributed by atoms with E-state index in [1.807, 2.05) is 19.9 Å². The number of aryl methyl sites for hydroxylation is 1. The normalized spacial score (nSPS) is 12.6. The summed E-state index contributed by atoms with van der Waals surface area (Å²) in [5.41, 5.74) is 1.36. The molecule has 7 heteroatoms. The molecule has 0 aliphatic carbocycles. The Labute approximate surface area is 142 Å². The number of carbonyl (C=O) groups is 1. The van der Waals surface area contributed by atoms with Crippen molar-refractivity contribution in [2.75, 3.05) is 5.32 Å². The number of rotatable bonds is 6. The van der Waals surface area contributed by atoms with Gasteiger partial charge in [0.2, 0.25) is 10.0 Å². The highest BCUT2D eigenvalue weighted by Crippen LogP contribution is 2.13. The second-order valence-corrected chi connectivity index (χ2v) is 7.34. The van der Waals surface area contributed by atoms with E-state index >= 15 is 0 Å². The van der Waals surface area contributed by atoms with E-state index in [9.17, 15) is 13.2 Å². The molecule has 0 saturated carbocycles. The van der Waals surface area contributed by atoms with E-state index in [0.717, 1.165) is 5.56 Å². The van der Waals surface area contributed by atoms with Gasteiger partial charge in [-0.3, -0.25) is 4.79 Å². The van der Waals surface area contributed by atoms with Gasteiger partial charge in [0.25, 0.3) is 5.91 Å². The van der Waals surface area contributed by atoms with Gasteiger partial charge in [-0.05, 0) is 56.2 Å². The van der Waals surface area contributed by atoms with E-state index < -0.39 is 10.0 Å². The van der Waals surface area contributed by atoms with Gasteiger partial charge in [-0.25, -0.2) is 18.1 Å². The molecule has 1 atom stereocenters. The molecule has 1 aromatic heterocycles. The number of pyridine rings is 1. The lowest BCUT2D eigenvalue weighted by Crippen LogP contribution is -2.32. The average molecular weight is 347 g/mol. The Morgan fingerprint density at radius 3 is 2.38 bits per heavy atom. The summed E-state index contributed by atoms with van der Waals surface area (Å²) >= 11 is 0. The monoisotopic (exact) mass is 347 g/mol. The Hall–Kier alpha value is -2.25. The Morgan fingerprint density at radius 2 is 1.83 bits per heavy atom. The van der Waals surface area contributed by atoms with Crippen LogP contribution in [0.2, 0.25) is 0 Å². The van der Waals surface area contributed by atoms with Crippen LogP contribution in [0.25, 0.3) is 0 Å². The maximum Gasteiger partial charge on any atom is 0.256 e. The zero-order valence-corrected chi connectivity index (χ0v) is 14.7. The first-order valence-corrected chi connectivity index (χ1v) is 9.16. The highest BCUT2D eigenvalue weighted by Gasteiger charge is 2.17. The number of anilines is 1. The molecule has 128 valence electrons. The highest BCUT2D eigenvalue weighted by atomic mass is 32.2. The molecule has 0 aliphatic heterocycles. The van der Waals surface area contributed by atoms with Crippen LogP contribution in [0.4, 0.5) is 5.82 Å². The quantitative estimate of drug-likeness (QED) is 0.841. The summed E-state index contributed by atoms with van der Waals surface area (Å²) in [7, 11) is -3.57. The molecule has 2 aromatic rings. The van der Waals surface area contributed by atoms with Crippen molar-refractivity contribution >= 4 is 21.7 Å². The maximum absolute atomic E-state index is 12.2. The summed E-state index contributed by atoms with van der Waals surface area (Å²) < 4.78 is 26.9. The Balaban J connectivity index is 2.11. The van der Waals surface area contributed by atoms with Crippen LogP contribution in [0.15, 0.2) is 47.5 Å². The van der Waals surface area contributed by atoms with Crippen LogP contribution in [-0.2, 0) is 10.0 Å². The van der Waals surface area contributed by atoms with E-state index in [0.29, 0.717) is 17.8 Å². The third kappa shape index (κ3) is 4.62. The molecule has 6 nitrogen and oxygen atoms in total. The minimum Gasteiger partial charge on any atom is -0.307 e. The lowest BCUT2D eigenvalue weighted by Gasteiger charge is -2.12. The van der Waals surface area contributed by atoms with Gasteiger partial charge in [-0.2, -0.15) is 0 Å². The van der Waals surface area contributed by atoms with E-state index in [2.05, 4.69) is 15.0 Å². The fraction of sp³-hybridized carbons (Fsp3) is 0.294. The molecule has 24 heavy (non-hydrogen) atoms. The van der Waals surface area contributed by atoms with Gasteiger partial charge in [-0.15, -0.1) is 0 Å². The number of amides is 1. The van der Waals surface area contributed by atoms with Crippen LogP contribution in [-0.4, -0.2) is 25.4 Å². The number of sulfonamides is 1. The smallest absolute Gasteiger partial charge is 0.256 e. The van der Waals surface area contributed by atoms with E-state index in [1.54, 1.807) is 19.2 Å². The molecule has 0 aliphatic rings. The first kappa shape index (κ1) is 18.1. The van der Waals surface area contributed by atoms with Gasteiger partial charge in [0, 0.05) is 17.8 Å². The van der Waals surface area contributed by atoms with Crippen LogP contribution < -0.4 is 10.0 Å². The van der Waals surface area contributed by atoms with Crippen molar-refractivity contribution in [2.24, 2.45) is 0 Å². The summed E-state index contributed by atoms with van der Waals surface area (Å²) in [6, 6.07) is 9.21. The van der Waals surface area contributed by atoms with Crippen molar-refractivity contribution in [1.29, 1.82) is 0 Å². The minimum atomic E-state index is -3.57. The van der Waals surface area contributed by atoms with Gasteiger partial charge in [0.15, 0.2) is 0 Å². The summed E-state index contributed by atoms with van der Waals surface area (Å²) in [5.74, 6) is 0.103. The minimum absolute atomic E-state index is 0.132. The molecule has 0 saturated heterocycles. The molecule has 1 unspecified atom stereocenters. The first-order valence-electron chi connectivity index (χ1n) is 7.68. The van der Waals surface area contributed by atoms with Gasteiger partial charge in [0.05, 0.1) is 4.90 Å². The molecule has 2 rings (SSSR count). The number of hydrogen-bond donors (Lipinski definition) is 2. The Morgan fingerprint density at radius 1 is 1.17 bits per heavy atom. The van der Waals surface area contributed by atoms with Gasteiger partial charge < -0.3 is 5.32 Å². The second-order valence-electron chi connectivity index (χ2n) is 5.63. The molecule has 0 bridgehead atoms. The van der Waals surface area contributed by atoms with Crippen molar-refractivity contribution in [1.82, 2.24) is 9.71 Å². The van der Waals surface area contributed by atoms with Crippen molar-refractivity contribution < 1.29 is 13.2 Å². The molecule has 1 aromatic carbocycles. The topological polar surface area (TPSA) is 88.2 Å². The third-order valence-corrected chi connectivity index (χ3v) is 5.15. The van der Waals surface area contributed by atoms with Crippen LogP contribution in [0.5, 0.6) is 0 Å². The molecular formula is C17H21N3O3S. The van der Waals surface area contributed by atoms with Crippen molar-refractivity contribution in [3.8, 4) is 0 Å². The van der Waals surface area contributed by atoms with Crippen molar-refractivity contribution in [3.05, 3.63) is 53.7 Å². The van der Waals surface area contributed by atoms with Crippen molar-refractivity contribution in [2.45, 2.75) is 38.1 Å². The van der Waals surface area contributed by atoms with Gasteiger partial charge >= 0.3 is 0 Å². The number of aromatic nitrogens is 1. The van der Waals surface area contributed by atoms with Gasteiger partial charge in [-0.1, -0.05) is 13.0 Å². The number of hydrogen-bond acceptors (Lipinski definition) is 4. The van der Waals surface area contributed by atoms with Crippen LogP contribution in [0, 0.1) is 6.92 Å². The van der Waals surface area contributed by atoms with E-state index in [1.165, 1.54) is 24.3 Å². The zero-order chi connectivity index (χ0) is 17.7. The summed E-state index contributed by atoms with van der Waals surface area (Å²) in [6.45, 7) is 5.61.